The summed E-state index contributed by atoms with van der Waals surface area (Å²) in [6.45, 7) is 3.95. The molecule has 1 N–H and O–H groups in total. The zero-order chi connectivity index (χ0) is 11.4. The van der Waals surface area contributed by atoms with E-state index in [1.807, 2.05) is 13.8 Å². The molecule has 0 aromatic carbocycles. The fourth-order valence-corrected chi connectivity index (χ4v) is 1.65. The lowest BCUT2D eigenvalue weighted by atomic mass is 9.93. The van der Waals surface area contributed by atoms with Gasteiger partial charge in [-0.2, -0.15) is 5.10 Å². The second-order valence-corrected chi connectivity index (χ2v) is 3.76. The number of rotatable bonds is 5. The minimum absolute atomic E-state index is 0.0273. The monoisotopic (exact) mass is 210 g/mol. The number of aryl methyl sites for hydroxylation is 1. The number of nitrogens with zero attached hydrogens (tertiary/aromatic N) is 2. The fraction of sp³-hybridized carbons (Fsp3) is 0.636. The van der Waals surface area contributed by atoms with E-state index in [9.17, 15) is 9.90 Å². The summed E-state index contributed by atoms with van der Waals surface area (Å²) in [4.78, 5) is 11.8. The molecule has 1 aromatic rings. The number of carbonyl (C=O) groups excluding carboxylic acids is 1. The molecule has 15 heavy (non-hydrogen) atoms. The third-order valence-electron chi connectivity index (χ3n) is 2.73. The number of aliphatic hydroxyl groups is 1. The van der Waals surface area contributed by atoms with Crippen molar-refractivity contribution in [2.45, 2.75) is 32.8 Å². The minimum atomic E-state index is -0.921. The second kappa shape index (κ2) is 5.07. The van der Waals surface area contributed by atoms with Crippen LogP contribution < -0.4 is 0 Å². The highest BCUT2D eigenvalue weighted by Gasteiger charge is 2.25. The van der Waals surface area contributed by atoms with E-state index in [2.05, 4.69) is 5.10 Å². The Hall–Kier alpha value is -1.16. The van der Waals surface area contributed by atoms with Crippen molar-refractivity contribution in [2.75, 3.05) is 0 Å². The van der Waals surface area contributed by atoms with Gasteiger partial charge in [-0.1, -0.05) is 26.7 Å². The Balaban J connectivity index is 2.76. The van der Waals surface area contributed by atoms with Crippen molar-refractivity contribution < 1.29 is 9.90 Å². The van der Waals surface area contributed by atoms with Crippen molar-refractivity contribution >= 4 is 5.78 Å². The average molecular weight is 210 g/mol. The van der Waals surface area contributed by atoms with Gasteiger partial charge in [0, 0.05) is 13.2 Å². The molecule has 4 heteroatoms. The van der Waals surface area contributed by atoms with Crippen LogP contribution >= 0.6 is 0 Å². The lowest BCUT2D eigenvalue weighted by Gasteiger charge is -2.17. The summed E-state index contributed by atoms with van der Waals surface area (Å²) >= 11 is 0. The van der Waals surface area contributed by atoms with E-state index in [-0.39, 0.29) is 11.7 Å². The third kappa shape index (κ3) is 2.65. The highest BCUT2D eigenvalue weighted by molar-refractivity contribution is 5.97. The van der Waals surface area contributed by atoms with Gasteiger partial charge in [0.15, 0.2) is 0 Å². The van der Waals surface area contributed by atoms with Gasteiger partial charge in [0.25, 0.3) is 0 Å². The van der Waals surface area contributed by atoms with E-state index in [0.29, 0.717) is 5.69 Å². The largest absolute Gasteiger partial charge is 0.385 e. The van der Waals surface area contributed by atoms with E-state index >= 15 is 0 Å². The molecule has 0 aliphatic carbocycles. The molecule has 0 amide bonds. The molecule has 0 radical (unpaired) electrons. The van der Waals surface area contributed by atoms with E-state index in [1.165, 1.54) is 0 Å². The van der Waals surface area contributed by atoms with Crippen molar-refractivity contribution in [3.8, 4) is 0 Å². The molecule has 4 nitrogen and oxygen atoms in total. The van der Waals surface area contributed by atoms with Crippen LogP contribution in [0.5, 0.6) is 0 Å². The second-order valence-electron chi connectivity index (χ2n) is 3.76. The summed E-state index contributed by atoms with van der Waals surface area (Å²) in [6.07, 6.45) is 2.38. The first-order valence-electron chi connectivity index (χ1n) is 5.32. The number of hydrogen-bond donors (Lipinski definition) is 1. The molecule has 0 bridgehead atoms. The summed E-state index contributed by atoms with van der Waals surface area (Å²) in [5.74, 6) is -0.246. The van der Waals surface area contributed by atoms with Crippen molar-refractivity contribution in [2.24, 2.45) is 13.0 Å². The Labute approximate surface area is 89.9 Å². The first-order valence-corrected chi connectivity index (χ1v) is 5.32. The zero-order valence-electron chi connectivity index (χ0n) is 9.47. The number of Topliss-reactive ketones (excluding diaryl/α,β-unsaturated/α-hetero) is 1. The van der Waals surface area contributed by atoms with Crippen LogP contribution in [0.3, 0.4) is 0 Å². The highest BCUT2D eigenvalue weighted by atomic mass is 16.3. The van der Waals surface area contributed by atoms with Crippen molar-refractivity contribution in [1.29, 1.82) is 0 Å². The molecule has 0 aliphatic rings. The topological polar surface area (TPSA) is 55.1 Å². The molecular weight excluding hydrogens is 192 g/mol. The smallest absolute Gasteiger partial charge is 0.211 e. The van der Waals surface area contributed by atoms with Crippen molar-refractivity contribution in [3.05, 3.63) is 18.0 Å². The van der Waals surface area contributed by atoms with E-state index in [1.54, 1.807) is 24.0 Å². The van der Waals surface area contributed by atoms with Crippen molar-refractivity contribution in [1.82, 2.24) is 9.78 Å². The van der Waals surface area contributed by atoms with Gasteiger partial charge in [-0.25, -0.2) is 0 Å². The Morgan fingerprint density at radius 2 is 2.13 bits per heavy atom. The maximum absolute atomic E-state index is 11.8. The van der Waals surface area contributed by atoms with Crippen LogP contribution in [0.2, 0.25) is 0 Å². The van der Waals surface area contributed by atoms with Crippen LogP contribution in [0, 0.1) is 5.92 Å². The molecule has 1 heterocycles. The van der Waals surface area contributed by atoms with E-state index in [0.717, 1.165) is 12.8 Å². The van der Waals surface area contributed by atoms with E-state index in [4.69, 9.17) is 0 Å². The standard InChI is InChI=1S/C11H18N2O2/c1-4-8(5-2)10(14)11(15)9-6-7-13(3)12-9/h6-8,10,14H,4-5H2,1-3H3. The van der Waals surface area contributed by atoms with Gasteiger partial charge in [0.05, 0.1) is 0 Å². The van der Waals surface area contributed by atoms with Gasteiger partial charge in [0.1, 0.15) is 11.8 Å². The van der Waals surface area contributed by atoms with Crippen LogP contribution in [0.4, 0.5) is 0 Å². The number of aromatic nitrogens is 2. The van der Waals surface area contributed by atoms with Gasteiger partial charge < -0.3 is 5.11 Å². The summed E-state index contributed by atoms with van der Waals surface area (Å²) in [5, 5.41) is 13.8. The van der Waals surface area contributed by atoms with Gasteiger partial charge in [0.2, 0.25) is 5.78 Å². The van der Waals surface area contributed by atoms with Crippen LogP contribution in [-0.2, 0) is 7.05 Å². The van der Waals surface area contributed by atoms with Gasteiger partial charge in [-0.15, -0.1) is 0 Å². The molecule has 1 aromatic heterocycles. The number of ketones is 1. The van der Waals surface area contributed by atoms with Gasteiger partial charge in [-0.05, 0) is 12.0 Å². The quantitative estimate of drug-likeness (QED) is 0.747. The first-order chi connectivity index (χ1) is 7.10. The molecule has 1 unspecified atom stereocenters. The van der Waals surface area contributed by atoms with Gasteiger partial charge >= 0.3 is 0 Å². The van der Waals surface area contributed by atoms with Crippen molar-refractivity contribution in [3.63, 3.8) is 0 Å². The van der Waals surface area contributed by atoms with Crippen LogP contribution in [0.15, 0.2) is 12.3 Å². The maximum atomic E-state index is 11.8. The van der Waals surface area contributed by atoms with Crippen LogP contribution in [0.25, 0.3) is 0 Å². The predicted molar refractivity (Wildman–Crippen MR) is 57.6 cm³/mol. The normalized spacial score (nSPS) is 13.1. The summed E-state index contributed by atoms with van der Waals surface area (Å²) in [7, 11) is 1.75. The molecule has 0 spiro atoms. The van der Waals surface area contributed by atoms with E-state index < -0.39 is 6.10 Å². The maximum Gasteiger partial charge on any atom is 0.211 e. The molecule has 1 atom stereocenters. The first kappa shape index (κ1) is 11.9. The molecule has 84 valence electrons. The highest BCUT2D eigenvalue weighted by Crippen LogP contribution is 2.16. The Morgan fingerprint density at radius 1 is 1.53 bits per heavy atom. The molecule has 0 saturated heterocycles. The number of aliphatic hydroxyl groups excluding tert-OH is 1. The Bertz CT molecular complexity index is 329. The van der Waals surface area contributed by atoms with Crippen LogP contribution in [0.1, 0.15) is 37.2 Å². The summed E-state index contributed by atoms with van der Waals surface area (Å²) in [6, 6.07) is 1.63. The third-order valence-corrected chi connectivity index (χ3v) is 2.73. The SMILES string of the molecule is CCC(CC)C(O)C(=O)c1ccn(C)n1. The average Bonchev–Trinajstić information content (AvgIpc) is 2.65. The van der Waals surface area contributed by atoms with Gasteiger partial charge in [-0.3, -0.25) is 9.48 Å². The summed E-state index contributed by atoms with van der Waals surface area (Å²) in [5.41, 5.74) is 0.344. The number of hydrogen-bond acceptors (Lipinski definition) is 3. The van der Waals surface area contributed by atoms with Crippen LogP contribution in [-0.4, -0.2) is 26.8 Å². The zero-order valence-corrected chi connectivity index (χ0v) is 9.47. The summed E-state index contributed by atoms with van der Waals surface area (Å²) < 4.78 is 1.56. The molecule has 0 saturated carbocycles. The predicted octanol–water partition coefficient (Wildman–Crippen LogP) is 1.40. The molecule has 0 aliphatic heterocycles. The fourth-order valence-electron chi connectivity index (χ4n) is 1.65. The lowest BCUT2D eigenvalue weighted by Crippen LogP contribution is -2.29. The molecular formula is C11H18N2O2. The molecule has 0 fully saturated rings. The lowest BCUT2D eigenvalue weighted by molar-refractivity contribution is 0.0582. The Morgan fingerprint density at radius 3 is 2.53 bits per heavy atom. The molecule has 1 rings (SSSR count). The Kier molecular flexibility index (Phi) is 4.03. The number of carbonyl (C=O) groups is 1. The minimum Gasteiger partial charge on any atom is -0.385 e.